The summed E-state index contributed by atoms with van der Waals surface area (Å²) in [6.07, 6.45) is 1.15. The molecular weight excluding hydrogens is 442 g/mol. The van der Waals surface area contributed by atoms with Crippen molar-refractivity contribution in [3.8, 4) is 11.5 Å². The van der Waals surface area contributed by atoms with Crippen LogP contribution in [0.1, 0.15) is 18.5 Å². The van der Waals surface area contributed by atoms with Gasteiger partial charge in [-0.25, -0.2) is 13.2 Å². The molecule has 0 amide bonds. The Morgan fingerprint density at radius 1 is 1.13 bits per heavy atom. The fourth-order valence-electron chi connectivity index (χ4n) is 3.64. The standard InChI is InChI=1S/C21H26ClN3O5S/c1-5-30-20-10-14(6-9-19(20)29-3)18(12-31(4,27)28)25-16-8-7-15(22)11-17(16)24(13-23-2)21(25)26/h6-11,18,23H,5,12-13H2,1-4H3/t18-/m1/s1. The maximum atomic E-state index is 13.4. The maximum absolute atomic E-state index is 13.4. The third kappa shape index (κ3) is 4.89. The smallest absolute Gasteiger partial charge is 0.330 e. The first kappa shape index (κ1) is 23.2. The number of hydrogen-bond donors (Lipinski definition) is 1. The van der Waals surface area contributed by atoms with Crippen LogP contribution in [0.25, 0.3) is 11.0 Å². The Balaban J connectivity index is 2.31. The average Bonchev–Trinajstić information content (AvgIpc) is 2.97. The van der Waals surface area contributed by atoms with Crippen LogP contribution in [-0.2, 0) is 16.5 Å². The second-order valence-corrected chi connectivity index (χ2v) is 9.80. The van der Waals surface area contributed by atoms with E-state index in [-0.39, 0.29) is 18.1 Å². The first-order valence-electron chi connectivity index (χ1n) is 9.73. The third-order valence-corrected chi connectivity index (χ3v) is 6.04. The van der Waals surface area contributed by atoms with E-state index >= 15 is 0 Å². The Kier molecular flexibility index (Phi) is 6.98. The highest BCUT2D eigenvalue weighted by atomic mass is 35.5. The van der Waals surface area contributed by atoms with Crippen LogP contribution in [0.2, 0.25) is 5.02 Å². The van der Waals surface area contributed by atoms with Gasteiger partial charge in [0.25, 0.3) is 0 Å². The first-order chi connectivity index (χ1) is 14.7. The number of sulfone groups is 1. The van der Waals surface area contributed by atoms with Crippen molar-refractivity contribution in [1.82, 2.24) is 14.5 Å². The molecule has 0 aliphatic heterocycles. The van der Waals surface area contributed by atoms with E-state index in [1.807, 2.05) is 6.92 Å². The lowest BCUT2D eigenvalue weighted by Gasteiger charge is -2.20. The molecule has 1 aromatic heterocycles. The van der Waals surface area contributed by atoms with Gasteiger partial charge in [0.05, 0.1) is 43.2 Å². The predicted octanol–water partition coefficient (Wildman–Crippen LogP) is 2.67. The molecule has 0 fully saturated rings. The number of imidazole rings is 1. The van der Waals surface area contributed by atoms with E-state index in [1.165, 1.54) is 16.2 Å². The third-order valence-electron chi connectivity index (χ3n) is 4.89. The topological polar surface area (TPSA) is 91.6 Å². The minimum absolute atomic E-state index is 0.251. The van der Waals surface area contributed by atoms with E-state index in [0.717, 1.165) is 6.26 Å². The van der Waals surface area contributed by atoms with Crippen molar-refractivity contribution in [2.75, 3.05) is 32.8 Å². The van der Waals surface area contributed by atoms with Crippen LogP contribution < -0.4 is 20.5 Å². The van der Waals surface area contributed by atoms with Crippen molar-refractivity contribution in [2.45, 2.75) is 19.6 Å². The summed E-state index contributed by atoms with van der Waals surface area (Å²) < 4.78 is 38.7. The van der Waals surface area contributed by atoms with E-state index in [9.17, 15) is 13.2 Å². The highest BCUT2D eigenvalue weighted by Crippen LogP contribution is 2.33. The lowest BCUT2D eigenvalue weighted by atomic mass is 10.1. The van der Waals surface area contributed by atoms with E-state index < -0.39 is 15.9 Å². The van der Waals surface area contributed by atoms with E-state index in [1.54, 1.807) is 43.4 Å². The number of hydrogen-bond acceptors (Lipinski definition) is 6. The van der Waals surface area contributed by atoms with Crippen LogP contribution in [0.15, 0.2) is 41.2 Å². The second-order valence-electron chi connectivity index (χ2n) is 7.18. The molecule has 3 rings (SSSR count). The van der Waals surface area contributed by atoms with Gasteiger partial charge >= 0.3 is 5.69 Å². The Bertz CT molecular complexity index is 1250. The second kappa shape index (κ2) is 9.33. The van der Waals surface area contributed by atoms with Gasteiger partial charge in [-0.1, -0.05) is 17.7 Å². The quantitative estimate of drug-likeness (QED) is 0.520. The molecule has 8 nitrogen and oxygen atoms in total. The van der Waals surface area contributed by atoms with Crippen molar-refractivity contribution >= 4 is 32.5 Å². The molecule has 0 bridgehead atoms. The van der Waals surface area contributed by atoms with Crippen LogP contribution in [0, 0.1) is 0 Å². The highest BCUT2D eigenvalue weighted by molar-refractivity contribution is 7.90. The van der Waals surface area contributed by atoms with Crippen LogP contribution in [0.4, 0.5) is 0 Å². The predicted molar refractivity (Wildman–Crippen MR) is 122 cm³/mol. The zero-order valence-electron chi connectivity index (χ0n) is 17.9. The Morgan fingerprint density at radius 2 is 1.87 bits per heavy atom. The molecule has 168 valence electrons. The molecule has 0 aliphatic rings. The lowest BCUT2D eigenvalue weighted by Crippen LogP contribution is -2.33. The minimum atomic E-state index is -3.44. The van der Waals surface area contributed by atoms with E-state index in [2.05, 4.69) is 5.32 Å². The molecule has 0 aliphatic carbocycles. The summed E-state index contributed by atoms with van der Waals surface area (Å²) in [6, 6.07) is 9.53. The van der Waals surface area contributed by atoms with Crippen molar-refractivity contribution in [3.63, 3.8) is 0 Å². The van der Waals surface area contributed by atoms with E-state index in [0.29, 0.717) is 39.7 Å². The maximum Gasteiger partial charge on any atom is 0.330 e. The van der Waals surface area contributed by atoms with Gasteiger partial charge in [0.2, 0.25) is 0 Å². The van der Waals surface area contributed by atoms with E-state index in [4.69, 9.17) is 21.1 Å². The van der Waals surface area contributed by atoms with Gasteiger partial charge in [0.1, 0.15) is 9.84 Å². The summed E-state index contributed by atoms with van der Waals surface area (Å²) in [5.41, 5.74) is 1.49. The number of fused-ring (bicyclic) bond motifs is 1. The van der Waals surface area contributed by atoms with Gasteiger partial charge in [-0.15, -0.1) is 0 Å². The number of rotatable bonds is 9. The zero-order chi connectivity index (χ0) is 22.8. The zero-order valence-corrected chi connectivity index (χ0v) is 19.5. The molecule has 1 atom stereocenters. The number of aromatic nitrogens is 2. The molecule has 0 spiro atoms. The molecule has 0 unspecified atom stereocenters. The summed E-state index contributed by atoms with van der Waals surface area (Å²) in [5, 5.41) is 3.45. The number of methoxy groups -OCH3 is 1. The summed E-state index contributed by atoms with van der Waals surface area (Å²) in [4.78, 5) is 13.4. The molecule has 31 heavy (non-hydrogen) atoms. The van der Waals surface area contributed by atoms with Crippen molar-refractivity contribution in [1.29, 1.82) is 0 Å². The molecule has 0 radical (unpaired) electrons. The fourth-order valence-corrected chi connectivity index (χ4v) is 4.72. The molecule has 10 heteroatoms. The van der Waals surface area contributed by atoms with Crippen molar-refractivity contribution in [2.24, 2.45) is 0 Å². The fraction of sp³-hybridized carbons (Fsp3) is 0.381. The van der Waals surface area contributed by atoms with Gasteiger partial charge < -0.3 is 14.8 Å². The number of nitrogens with zero attached hydrogens (tertiary/aromatic N) is 2. The first-order valence-corrected chi connectivity index (χ1v) is 12.2. The summed E-state index contributed by atoms with van der Waals surface area (Å²) in [5.74, 6) is 0.753. The Labute approximate surface area is 186 Å². The molecular formula is C21H26ClN3O5S. The average molecular weight is 468 g/mol. The number of nitrogens with one attached hydrogen (secondary N) is 1. The van der Waals surface area contributed by atoms with Gasteiger partial charge in [0.15, 0.2) is 11.5 Å². The molecule has 0 saturated carbocycles. The molecule has 1 heterocycles. The van der Waals surface area contributed by atoms with Gasteiger partial charge in [-0.05, 0) is 49.9 Å². The highest BCUT2D eigenvalue weighted by Gasteiger charge is 2.26. The lowest BCUT2D eigenvalue weighted by molar-refractivity contribution is 0.310. The van der Waals surface area contributed by atoms with Gasteiger partial charge in [-0.2, -0.15) is 0 Å². The molecule has 3 aromatic rings. The van der Waals surface area contributed by atoms with Crippen LogP contribution >= 0.6 is 11.6 Å². The van der Waals surface area contributed by atoms with Gasteiger partial charge in [0, 0.05) is 11.3 Å². The Morgan fingerprint density at radius 3 is 2.48 bits per heavy atom. The largest absolute Gasteiger partial charge is 0.493 e. The van der Waals surface area contributed by atoms with Crippen LogP contribution in [0.3, 0.4) is 0 Å². The van der Waals surface area contributed by atoms with Crippen molar-refractivity contribution in [3.05, 3.63) is 57.5 Å². The SMILES string of the molecule is CCOc1cc([C@@H](CS(C)(=O)=O)n2c(=O)n(CNC)c3cc(Cl)ccc32)ccc1OC. The number of benzene rings is 2. The summed E-state index contributed by atoms with van der Waals surface area (Å²) in [6.45, 7) is 2.51. The molecule has 1 N–H and O–H groups in total. The normalized spacial score (nSPS) is 12.8. The van der Waals surface area contributed by atoms with Crippen molar-refractivity contribution < 1.29 is 17.9 Å². The summed E-state index contributed by atoms with van der Waals surface area (Å²) in [7, 11) is -0.179. The Hall–Kier alpha value is -2.49. The monoisotopic (exact) mass is 467 g/mol. The number of ether oxygens (including phenoxy) is 2. The molecule has 2 aromatic carbocycles. The number of halogens is 1. The molecule has 0 saturated heterocycles. The summed E-state index contributed by atoms with van der Waals surface area (Å²) >= 11 is 6.17. The van der Waals surface area contributed by atoms with Crippen LogP contribution in [-0.4, -0.2) is 50.3 Å². The minimum Gasteiger partial charge on any atom is -0.493 e. The van der Waals surface area contributed by atoms with Crippen LogP contribution in [0.5, 0.6) is 11.5 Å². The van der Waals surface area contributed by atoms with Gasteiger partial charge in [-0.3, -0.25) is 9.13 Å².